The summed E-state index contributed by atoms with van der Waals surface area (Å²) in [5, 5.41) is 58.3. The molecule has 0 aromatic carbocycles. The zero-order valence-electron chi connectivity index (χ0n) is 11.4. The van der Waals surface area contributed by atoms with Gasteiger partial charge in [0.1, 0.15) is 24.9 Å². The number of amides is 1. The Kier molecular flexibility index (Phi) is 6.55. The summed E-state index contributed by atoms with van der Waals surface area (Å²) in [6, 6.07) is -1.31. The predicted octanol–water partition coefficient (Wildman–Crippen LogP) is -3.96. The lowest BCUT2D eigenvalue weighted by atomic mass is 9.89. The van der Waals surface area contributed by atoms with E-state index in [1.165, 1.54) is 0 Å². The molecule has 10 nitrogen and oxygen atoms in total. The third kappa shape index (κ3) is 4.07. The van der Waals surface area contributed by atoms with Crippen molar-refractivity contribution in [2.75, 3.05) is 13.2 Å². The molecule has 1 fully saturated rings. The molecule has 1 rings (SSSR count). The fourth-order valence-corrected chi connectivity index (χ4v) is 2.44. The first-order chi connectivity index (χ1) is 10.2. The van der Waals surface area contributed by atoms with Crippen molar-refractivity contribution in [2.45, 2.75) is 41.8 Å². The van der Waals surface area contributed by atoms with Crippen molar-refractivity contribution in [2.24, 2.45) is 0 Å². The molecule has 0 spiro atoms. The van der Waals surface area contributed by atoms with E-state index in [2.05, 4.69) is 17.9 Å². The van der Waals surface area contributed by atoms with Crippen LogP contribution in [0, 0.1) is 0 Å². The van der Waals surface area contributed by atoms with Crippen LogP contribution < -0.4 is 5.32 Å². The number of aliphatic carboxylic acids is 1. The summed E-state index contributed by atoms with van der Waals surface area (Å²) < 4.78 is 5.14. The van der Waals surface area contributed by atoms with Gasteiger partial charge in [-0.1, -0.05) is 0 Å². The molecule has 1 amide bonds. The largest absolute Gasteiger partial charge is 0.478 e. The second kappa shape index (κ2) is 7.55. The highest BCUT2D eigenvalue weighted by molar-refractivity contribution is 7.82. The number of hydrogen-bond acceptors (Lipinski definition) is 9. The maximum Gasteiger partial charge on any atom is 0.346 e. The highest BCUT2D eigenvalue weighted by Crippen LogP contribution is 2.34. The monoisotopic (exact) mass is 341 g/mol. The summed E-state index contributed by atoms with van der Waals surface area (Å²) in [6.07, 6.45) is -7.08. The van der Waals surface area contributed by atoms with Crippen molar-refractivity contribution in [1.82, 2.24) is 5.32 Å². The van der Waals surface area contributed by atoms with E-state index in [1.54, 1.807) is 0 Å². The molecule has 22 heavy (non-hydrogen) atoms. The standard InChI is InChI=1S/C11H19NO9S/c13-2-5(16)8(18)9-7(12-6(17)3-14)4(15)1-11(22,21-9)10(19)20/h4-5,7-9,13-16,18,22H,1-3H2,(H,12,17)(H,19,20)/t4?,5-,7-,8-,9?,11+/m1/s1. The molecule has 1 heterocycles. The molecule has 0 aromatic heterocycles. The molecule has 11 heteroatoms. The van der Waals surface area contributed by atoms with Crippen LogP contribution in [0.1, 0.15) is 6.42 Å². The maximum atomic E-state index is 11.3. The van der Waals surface area contributed by atoms with Crippen LogP contribution in [0.5, 0.6) is 0 Å². The lowest BCUT2D eigenvalue weighted by Crippen LogP contribution is -2.66. The first-order valence-corrected chi connectivity index (χ1v) is 6.80. The molecule has 0 saturated carbocycles. The molecular weight excluding hydrogens is 322 g/mol. The van der Waals surface area contributed by atoms with Crippen molar-refractivity contribution in [3.8, 4) is 0 Å². The number of carbonyl (C=O) groups excluding carboxylic acids is 1. The average molecular weight is 341 g/mol. The Morgan fingerprint density at radius 1 is 1.36 bits per heavy atom. The molecule has 0 radical (unpaired) electrons. The molecule has 0 bridgehead atoms. The third-order valence-electron chi connectivity index (χ3n) is 3.31. The van der Waals surface area contributed by atoms with Crippen molar-refractivity contribution in [3.05, 3.63) is 0 Å². The minimum absolute atomic E-state index is 0.514. The van der Waals surface area contributed by atoms with Crippen LogP contribution in [-0.2, 0) is 14.3 Å². The van der Waals surface area contributed by atoms with Crippen molar-refractivity contribution in [1.29, 1.82) is 0 Å². The number of aliphatic hydroxyl groups excluding tert-OH is 5. The van der Waals surface area contributed by atoms with Crippen molar-refractivity contribution in [3.63, 3.8) is 0 Å². The number of carboxylic acid groups (broad SMARTS) is 1. The van der Waals surface area contributed by atoms with Gasteiger partial charge in [0.25, 0.3) is 0 Å². The first-order valence-electron chi connectivity index (χ1n) is 6.35. The predicted molar refractivity (Wildman–Crippen MR) is 73.0 cm³/mol. The molecule has 0 aliphatic carbocycles. The van der Waals surface area contributed by atoms with Gasteiger partial charge in [0.05, 0.1) is 18.8 Å². The Bertz CT molecular complexity index is 422. The number of thiol groups is 1. The zero-order chi connectivity index (χ0) is 17.1. The molecular formula is C11H19NO9S. The van der Waals surface area contributed by atoms with Gasteiger partial charge in [-0.2, -0.15) is 0 Å². The fraction of sp³-hybridized carbons (Fsp3) is 0.818. The molecule has 7 N–H and O–H groups in total. The minimum atomic E-state index is -2.15. The Morgan fingerprint density at radius 3 is 2.41 bits per heavy atom. The number of aliphatic hydroxyl groups is 5. The Hall–Kier alpha value is -0.950. The van der Waals surface area contributed by atoms with E-state index >= 15 is 0 Å². The van der Waals surface area contributed by atoms with Gasteiger partial charge in [0.2, 0.25) is 10.8 Å². The molecule has 128 valence electrons. The van der Waals surface area contributed by atoms with Crippen LogP contribution in [0.4, 0.5) is 0 Å². The summed E-state index contributed by atoms with van der Waals surface area (Å²) in [5.41, 5.74) is 0. The Morgan fingerprint density at radius 2 is 1.95 bits per heavy atom. The highest BCUT2D eigenvalue weighted by atomic mass is 32.1. The topological polar surface area (TPSA) is 177 Å². The van der Waals surface area contributed by atoms with Crippen LogP contribution >= 0.6 is 12.6 Å². The second-order valence-corrected chi connectivity index (χ2v) is 5.66. The van der Waals surface area contributed by atoms with E-state index in [0.717, 1.165) is 0 Å². The average Bonchev–Trinajstić information content (AvgIpc) is 2.47. The summed E-state index contributed by atoms with van der Waals surface area (Å²) >= 11 is 3.81. The second-order valence-electron chi connectivity index (χ2n) is 4.94. The quantitative estimate of drug-likeness (QED) is 0.224. The van der Waals surface area contributed by atoms with Crippen LogP contribution in [0.25, 0.3) is 0 Å². The van der Waals surface area contributed by atoms with Gasteiger partial charge >= 0.3 is 5.97 Å². The zero-order valence-corrected chi connectivity index (χ0v) is 12.3. The van der Waals surface area contributed by atoms with Gasteiger partial charge in [-0.15, -0.1) is 12.6 Å². The van der Waals surface area contributed by atoms with Crippen LogP contribution in [0.3, 0.4) is 0 Å². The molecule has 1 aliphatic rings. The molecule has 0 aromatic rings. The number of carbonyl (C=O) groups is 2. The number of nitrogens with one attached hydrogen (secondary N) is 1. The van der Waals surface area contributed by atoms with E-state index in [-0.39, 0.29) is 0 Å². The number of ether oxygens (including phenoxy) is 1. The van der Waals surface area contributed by atoms with Crippen LogP contribution in [0.2, 0.25) is 0 Å². The van der Waals surface area contributed by atoms with Crippen LogP contribution in [0.15, 0.2) is 0 Å². The van der Waals surface area contributed by atoms with E-state index in [4.69, 9.17) is 20.1 Å². The minimum Gasteiger partial charge on any atom is -0.478 e. The lowest BCUT2D eigenvalue weighted by molar-refractivity contribution is -0.204. The van der Waals surface area contributed by atoms with E-state index < -0.39 is 66.9 Å². The van der Waals surface area contributed by atoms with Crippen molar-refractivity contribution < 1.29 is 45.0 Å². The summed E-state index contributed by atoms with van der Waals surface area (Å²) in [6.45, 7) is -1.76. The van der Waals surface area contributed by atoms with Gasteiger partial charge in [0.15, 0.2) is 0 Å². The van der Waals surface area contributed by atoms with Gasteiger partial charge in [-0.3, -0.25) is 4.79 Å². The summed E-state index contributed by atoms with van der Waals surface area (Å²) in [5.74, 6) is -2.43. The lowest BCUT2D eigenvalue weighted by Gasteiger charge is -2.45. The van der Waals surface area contributed by atoms with E-state index in [0.29, 0.717) is 0 Å². The van der Waals surface area contributed by atoms with Gasteiger partial charge < -0.3 is 40.7 Å². The molecule has 6 atom stereocenters. The smallest absolute Gasteiger partial charge is 0.346 e. The SMILES string of the molecule is O=C(CO)N[C@@H]1C(O)C[C@](S)(C(=O)O)OC1[C@H](O)[C@H](O)CO. The molecule has 2 unspecified atom stereocenters. The number of carboxylic acids is 1. The normalized spacial score (nSPS) is 34.7. The third-order valence-corrected chi connectivity index (χ3v) is 3.79. The van der Waals surface area contributed by atoms with E-state index in [1.807, 2.05) is 0 Å². The summed E-state index contributed by atoms with van der Waals surface area (Å²) in [4.78, 5) is 20.3. The summed E-state index contributed by atoms with van der Waals surface area (Å²) in [7, 11) is 0. The van der Waals surface area contributed by atoms with Gasteiger partial charge in [-0.05, 0) is 0 Å². The van der Waals surface area contributed by atoms with Gasteiger partial charge in [-0.25, -0.2) is 4.79 Å². The Balaban J connectivity index is 3.07. The maximum absolute atomic E-state index is 11.3. The van der Waals surface area contributed by atoms with Crippen molar-refractivity contribution >= 4 is 24.5 Å². The van der Waals surface area contributed by atoms with Crippen LogP contribution in [-0.4, -0.2) is 91.1 Å². The number of hydrogen-bond donors (Lipinski definition) is 8. The molecule has 1 saturated heterocycles. The first kappa shape index (κ1) is 19.1. The Labute approximate surface area is 130 Å². The van der Waals surface area contributed by atoms with Gasteiger partial charge in [0, 0.05) is 6.42 Å². The molecule has 1 aliphatic heterocycles. The van der Waals surface area contributed by atoms with E-state index in [9.17, 15) is 24.9 Å². The highest BCUT2D eigenvalue weighted by Gasteiger charge is 2.52. The fourth-order valence-electron chi connectivity index (χ4n) is 2.13. The number of rotatable bonds is 6.